The van der Waals surface area contributed by atoms with E-state index in [0.29, 0.717) is 4.88 Å². The Bertz CT molecular complexity index is 626. The first-order chi connectivity index (χ1) is 9.27. The highest BCUT2D eigenvalue weighted by atomic mass is 32.1. The summed E-state index contributed by atoms with van der Waals surface area (Å²) in [6.45, 7) is 6.42. The molecule has 0 unspecified atom stereocenters. The second-order valence-corrected chi connectivity index (χ2v) is 6.58. The summed E-state index contributed by atoms with van der Waals surface area (Å²) in [7, 11) is 0. The van der Waals surface area contributed by atoms with Crippen LogP contribution >= 0.6 is 11.3 Å². The minimum absolute atomic E-state index is 0.0824. The van der Waals surface area contributed by atoms with Crippen molar-refractivity contribution < 1.29 is 4.79 Å². The lowest BCUT2D eigenvalue weighted by Gasteiger charge is -2.19. The molecule has 0 atom stereocenters. The zero-order valence-corrected chi connectivity index (χ0v) is 12.5. The van der Waals surface area contributed by atoms with Crippen molar-refractivity contribution in [2.75, 3.05) is 16.8 Å². The number of hydrogen-bond donors (Lipinski definition) is 3. The number of nitrogens with two attached hydrogens (primary N) is 2. The van der Waals surface area contributed by atoms with E-state index in [2.05, 4.69) is 31.1 Å². The molecule has 6 heteroatoms. The number of nitrogens with zero attached hydrogens (tertiary/aromatic N) is 1. The van der Waals surface area contributed by atoms with Gasteiger partial charge < -0.3 is 16.8 Å². The molecule has 0 fully saturated rings. The first-order valence-corrected chi connectivity index (χ1v) is 7.02. The van der Waals surface area contributed by atoms with E-state index in [0.717, 1.165) is 17.0 Å². The van der Waals surface area contributed by atoms with Gasteiger partial charge in [-0.05, 0) is 23.1 Å². The smallest absolute Gasteiger partial charge is 0.269 e. The fourth-order valence-electron chi connectivity index (χ4n) is 1.75. The predicted octanol–water partition coefficient (Wildman–Crippen LogP) is 2.86. The normalized spacial score (nSPS) is 11.3. The van der Waals surface area contributed by atoms with Crippen LogP contribution in [0.2, 0.25) is 0 Å². The van der Waals surface area contributed by atoms with E-state index in [1.807, 2.05) is 24.3 Å². The summed E-state index contributed by atoms with van der Waals surface area (Å²) in [5.74, 6) is -0.128. The third kappa shape index (κ3) is 3.08. The number of thiazole rings is 1. The van der Waals surface area contributed by atoms with Crippen LogP contribution in [0.3, 0.4) is 0 Å². The van der Waals surface area contributed by atoms with Gasteiger partial charge in [-0.15, -0.1) is 0 Å². The highest BCUT2D eigenvalue weighted by Crippen LogP contribution is 2.25. The van der Waals surface area contributed by atoms with Crippen LogP contribution in [0.1, 0.15) is 36.0 Å². The van der Waals surface area contributed by atoms with Crippen LogP contribution < -0.4 is 16.8 Å². The summed E-state index contributed by atoms with van der Waals surface area (Å²) in [5.41, 5.74) is 13.2. The van der Waals surface area contributed by atoms with E-state index in [-0.39, 0.29) is 22.3 Å². The zero-order chi connectivity index (χ0) is 14.9. The van der Waals surface area contributed by atoms with E-state index >= 15 is 0 Å². The third-order valence-corrected chi connectivity index (χ3v) is 3.78. The van der Waals surface area contributed by atoms with Gasteiger partial charge in [0.15, 0.2) is 5.13 Å². The van der Waals surface area contributed by atoms with Gasteiger partial charge in [0.2, 0.25) is 0 Å². The number of carbonyl (C=O) groups is 1. The molecule has 0 aliphatic heterocycles. The van der Waals surface area contributed by atoms with Crippen molar-refractivity contribution in [3.63, 3.8) is 0 Å². The fourth-order valence-corrected chi connectivity index (χ4v) is 2.40. The fraction of sp³-hybridized carbons (Fsp3) is 0.286. The number of nitrogen functional groups attached to an aromatic ring is 2. The predicted molar refractivity (Wildman–Crippen MR) is 84.0 cm³/mol. The minimum Gasteiger partial charge on any atom is -0.382 e. The molecule has 5 N–H and O–H groups in total. The van der Waals surface area contributed by atoms with Gasteiger partial charge in [0.05, 0.1) is 0 Å². The van der Waals surface area contributed by atoms with Crippen molar-refractivity contribution in [3.8, 4) is 0 Å². The van der Waals surface area contributed by atoms with Crippen molar-refractivity contribution in [2.45, 2.75) is 26.2 Å². The van der Waals surface area contributed by atoms with Gasteiger partial charge in [-0.3, -0.25) is 4.79 Å². The lowest BCUT2D eigenvalue weighted by atomic mass is 9.87. The van der Waals surface area contributed by atoms with Gasteiger partial charge in [-0.1, -0.05) is 44.2 Å². The number of nitrogens with one attached hydrogen (secondary N) is 1. The molecule has 0 aliphatic rings. The minimum atomic E-state index is -0.291. The maximum Gasteiger partial charge on any atom is 0.269 e. The lowest BCUT2D eigenvalue weighted by molar-refractivity contribution is 0.103. The molecule has 0 saturated heterocycles. The Labute approximate surface area is 122 Å². The molecule has 1 aromatic carbocycles. The van der Waals surface area contributed by atoms with E-state index in [1.165, 1.54) is 5.56 Å². The summed E-state index contributed by atoms with van der Waals surface area (Å²) < 4.78 is 0. The number of aromatic nitrogens is 1. The molecule has 0 bridgehead atoms. The molecule has 5 nitrogen and oxygen atoms in total. The van der Waals surface area contributed by atoms with Crippen LogP contribution in [0, 0.1) is 0 Å². The standard InChI is InChI=1S/C14H18N4OS/c1-14(2,3)8-4-6-9(7-5-8)17-12(19)10-11(15)18-13(16)20-10/h4-7H,15H2,1-3H3,(H2,16,18)(H,17,19). The third-order valence-electron chi connectivity index (χ3n) is 2.88. The quantitative estimate of drug-likeness (QED) is 0.792. The molecular weight excluding hydrogens is 272 g/mol. The molecule has 2 aromatic rings. The number of anilines is 3. The Hall–Kier alpha value is -2.08. The van der Waals surface area contributed by atoms with Crippen molar-refractivity contribution in [1.82, 2.24) is 4.98 Å². The second-order valence-electron chi connectivity index (χ2n) is 5.55. The lowest BCUT2D eigenvalue weighted by Crippen LogP contribution is -2.13. The molecule has 106 valence electrons. The van der Waals surface area contributed by atoms with Gasteiger partial charge in [0.1, 0.15) is 10.7 Å². The van der Waals surface area contributed by atoms with Gasteiger partial charge >= 0.3 is 0 Å². The number of carbonyl (C=O) groups excluding carboxylic acids is 1. The molecule has 20 heavy (non-hydrogen) atoms. The van der Waals surface area contributed by atoms with Gasteiger partial charge in [-0.2, -0.15) is 0 Å². The van der Waals surface area contributed by atoms with E-state index in [9.17, 15) is 4.79 Å². The first-order valence-electron chi connectivity index (χ1n) is 6.21. The highest BCUT2D eigenvalue weighted by Gasteiger charge is 2.16. The highest BCUT2D eigenvalue weighted by molar-refractivity contribution is 7.17. The van der Waals surface area contributed by atoms with E-state index < -0.39 is 0 Å². The second kappa shape index (κ2) is 5.13. The number of benzene rings is 1. The van der Waals surface area contributed by atoms with Crippen LogP contribution in [0.25, 0.3) is 0 Å². The Morgan fingerprint density at radius 1 is 1.20 bits per heavy atom. The molecule has 2 rings (SSSR count). The van der Waals surface area contributed by atoms with Gasteiger partial charge in [-0.25, -0.2) is 4.98 Å². The number of hydrogen-bond acceptors (Lipinski definition) is 5. The molecule has 0 aliphatic carbocycles. The van der Waals surface area contributed by atoms with Crippen LogP contribution in [0.4, 0.5) is 16.6 Å². The van der Waals surface area contributed by atoms with Crippen molar-refractivity contribution in [1.29, 1.82) is 0 Å². The molecule has 1 amide bonds. The maximum atomic E-state index is 12.1. The largest absolute Gasteiger partial charge is 0.382 e. The topological polar surface area (TPSA) is 94.0 Å². The monoisotopic (exact) mass is 290 g/mol. The average molecular weight is 290 g/mol. The van der Waals surface area contributed by atoms with Crippen molar-refractivity contribution in [2.24, 2.45) is 0 Å². The van der Waals surface area contributed by atoms with Crippen molar-refractivity contribution in [3.05, 3.63) is 34.7 Å². The first kappa shape index (κ1) is 14.3. The molecular formula is C14H18N4OS. The van der Waals surface area contributed by atoms with Crippen molar-refractivity contribution >= 4 is 33.9 Å². The van der Waals surface area contributed by atoms with Gasteiger partial charge in [0, 0.05) is 5.69 Å². The zero-order valence-electron chi connectivity index (χ0n) is 11.7. The number of rotatable bonds is 2. The maximum absolute atomic E-state index is 12.1. The molecule has 1 aromatic heterocycles. The Balaban J connectivity index is 2.14. The van der Waals surface area contributed by atoms with Crippen LogP contribution in [-0.4, -0.2) is 10.9 Å². The van der Waals surface area contributed by atoms with Gasteiger partial charge in [0.25, 0.3) is 5.91 Å². The molecule has 1 heterocycles. The summed E-state index contributed by atoms with van der Waals surface area (Å²) in [6, 6.07) is 7.75. The SMILES string of the molecule is CC(C)(C)c1ccc(NC(=O)c2sc(N)nc2N)cc1. The van der Waals surface area contributed by atoms with E-state index in [1.54, 1.807) is 0 Å². The Morgan fingerprint density at radius 3 is 2.25 bits per heavy atom. The molecule has 0 saturated carbocycles. The number of amides is 1. The summed E-state index contributed by atoms with van der Waals surface area (Å²) in [6.07, 6.45) is 0. The Kier molecular flexibility index (Phi) is 3.67. The van der Waals surface area contributed by atoms with Crippen LogP contribution in [0.5, 0.6) is 0 Å². The van der Waals surface area contributed by atoms with Crippen LogP contribution in [-0.2, 0) is 5.41 Å². The molecule has 0 radical (unpaired) electrons. The Morgan fingerprint density at radius 2 is 1.80 bits per heavy atom. The van der Waals surface area contributed by atoms with Crippen LogP contribution in [0.15, 0.2) is 24.3 Å². The average Bonchev–Trinajstić information content (AvgIpc) is 2.68. The summed E-state index contributed by atoms with van der Waals surface area (Å²) >= 11 is 1.08. The van der Waals surface area contributed by atoms with E-state index in [4.69, 9.17) is 11.5 Å². The summed E-state index contributed by atoms with van der Waals surface area (Å²) in [5, 5.41) is 3.07. The summed E-state index contributed by atoms with van der Waals surface area (Å²) in [4.78, 5) is 16.2. The molecule has 0 spiro atoms.